The van der Waals surface area contributed by atoms with Crippen molar-refractivity contribution >= 4 is 47.4 Å². The summed E-state index contributed by atoms with van der Waals surface area (Å²) in [5.41, 5.74) is 1.17. The summed E-state index contributed by atoms with van der Waals surface area (Å²) in [6.45, 7) is 10.1. The minimum Gasteiger partial charge on any atom is -0.385 e. The molecule has 0 radical (unpaired) electrons. The smallest absolute Gasteiger partial charge is 0.191 e. The summed E-state index contributed by atoms with van der Waals surface area (Å²) >= 11 is 1.84. The average molecular weight is 450 g/mol. The van der Waals surface area contributed by atoms with Gasteiger partial charge in [-0.1, -0.05) is 18.2 Å². The van der Waals surface area contributed by atoms with Gasteiger partial charge in [-0.2, -0.15) is 11.8 Å². The van der Waals surface area contributed by atoms with Crippen LogP contribution in [0.25, 0.3) is 0 Å². The number of nitrogens with zero attached hydrogens (tertiary/aromatic N) is 1. The molecule has 0 heterocycles. The van der Waals surface area contributed by atoms with E-state index in [0.717, 1.165) is 38.6 Å². The maximum atomic E-state index is 4.66. The van der Waals surface area contributed by atoms with Crippen LogP contribution in [0.4, 0.5) is 5.69 Å². The topological polar surface area (TPSA) is 48.5 Å². The highest BCUT2D eigenvalue weighted by Crippen LogP contribution is 2.20. The standard InChI is InChI=1S/C17H30N4S.HI/c1-5-18-16(21-14-17(2,3)22-4)20-13-9-12-19-15-10-7-6-8-11-15;/h6-8,10-11,19H,5,9,12-14H2,1-4H3,(H2,18,20,21);1H. The number of aliphatic imine (C=N–C) groups is 1. The highest BCUT2D eigenvalue weighted by atomic mass is 127. The Morgan fingerprint density at radius 1 is 1.13 bits per heavy atom. The van der Waals surface area contributed by atoms with Crippen molar-refractivity contribution < 1.29 is 0 Å². The van der Waals surface area contributed by atoms with E-state index in [1.54, 1.807) is 0 Å². The summed E-state index contributed by atoms with van der Waals surface area (Å²) in [7, 11) is 0. The first-order valence-corrected chi connectivity index (χ1v) is 9.16. The van der Waals surface area contributed by atoms with Crippen LogP contribution in [0, 0.1) is 0 Å². The average Bonchev–Trinajstić information content (AvgIpc) is 2.53. The second kappa shape index (κ2) is 12.8. The van der Waals surface area contributed by atoms with Gasteiger partial charge in [0.05, 0.1) is 6.54 Å². The molecule has 1 rings (SSSR count). The van der Waals surface area contributed by atoms with Gasteiger partial charge < -0.3 is 16.0 Å². The lowest BCUT2D eigenvalue weighted by Gasteiger charge is -2.20. The van der Waals surface area contributed by atoms with Gasteiger partial charge in [-0.05, 0) is 45.6 Å². The summed E-state index contributed by atoms with van der Waals surface area (Å²) in [5, 5.41) is 10.1. The van der Waals surface area contributed by atoms with E-state index in [2.05, 4.69) is 60.1 Å². The number of hydrogen-bond acceptors (Lipinski definition) is 3. The molecule has 0 saturated carbocycles. The Bertz CT molecular complexity index is 437. The van der Waals surface area contributed by atoms with Gasteiger partial charge in [0.2, 0.25) is 0 Å². The number of guanidine groups is 1. The zero-order valence-electron chi connectivity index (χ0n) is 14.7. The fourth-order valence-electron chi connectivity index (χ4n) is 1.76. The molecule has 0 atom stereocenters. The van der Waals surface area contributed by atoms with Crippen LogP contribution in [0.1, 0.15) is 27.2 Å². The van der Waals surface area contributed by atoms with Crippen molar-refractivity contribution in [2.75, 3.05) is 37.8 Å². The molecule has 23 heavy (non-hydrogen) atoms. The largest absolute Gasteiger partial charge is 0.385 e. The number of benzene rings is 1. The predicted octanol–water partition coefficient (Wildman–Crippen LogP) is 3.80. The van der Waals surface area contributed by atoms with E-state index in [4.69, 9.17) is 0 Å². The van der Waals surface area contributed by atoms with Gasteiger partial charge in [0, 0.05) is 30.1 Å². The molecule has 1 aromatic carbocycles. The van der Waals surface area contributed by atoms with E-state index in [9.17, 15) is 0 Å². The van der Waals surface area contributed by atoms with Crippen molar-refractivity contribution in [3.8, 4) is 0 Å². The first-order valence-electron chi connectivity index (χ1n) is 7.93. The third-order valence-corrected chi connectivity index (χ3v) is 4.50. The molecule has 0 aliphatic heterocycles. The molecule has 0 spiro atoms. The van der Waals surface area contributed by atoms with E-state index in [0.29, 0.717) is 0 Å². The van der Waals surface area contributed by atoms with Gasteiger partial charge in [0.1, 0.15) is 0 Å². The van der Waals surface area contributed by atoms with Crippen LogP contribution >= 0.6 is 35.7 Å². The minimum atomic E-state index is 0. The summed E-state index contributed by atoms with van der Waals surface area (Å²) in [4.78, 5) is 4.66. The summed E-state index contributed by atoms with van der Waals surface area (Å²) in [5.74, 6) is 0.907. The van der Waals surface area contributed by atoms with Crippen LogP contribution in [0.2, 0.25) is 0 Å². The molecular formula is C17H31IN4S. The van der Waals surface area contributed by atoms with Gasteiger partial charge in [0.25, 0.3) is 0 Å². The molecule has 1 aromatic rings. The van der Waals surface area contributed by atoms with Crippen LogP contribution in [0.15, 0.2) is 35.3 Å². The quantitative estimate of drug-likeness (QED) is 0.232. The van der Waals surface area contributed by atoms with E-state index in [1.807, 2.05) is 30.0 Å². The van der Waals surface area contributed by atoms with Gasteiger partial charge in [0.15, 0.2) is 5.96 Å². The predicted molar refractivity (Wildman–Crippen MR) is 117 cm³/mol. The van der Waals surface area contributed by atoms with E-state index >= 15 is 0 Å². The lowest BCUT2D eigenvalue weighted by atomic mass is 10.2. The maximum absolute atomic E-state index is 4.66. The highest BCUT2D eigenvalue weighted by molar-refractivity contribution is 14.0. The molecule has 4 nitrogen and oxygen atoms in total. The first-order chi connectivity index (χ1) is 10.6. The number of anilines is 1. The molecule has 0 unspecified atom stereocenters. The zero-order chi connectivity index (χ0) is 16.3. The lowest BCUT2D eigenvalue weighted by Crippen LogP contribution is -2.39. The Morgan fingerprint density at radius 3 is 2.43 bits per heavy atom. The van der Waals surface area contributed by atoms with Crippen molar-refractivity contribution in [2.45, 2.75) is 31.9 Å². The summed E-state index contributed by atoms with van der Waals surface area (Å²) in [6.07, 6.45) is 3.18. The Morgan fingerprint density at radius 2 is 1.83 bits per heavy atom. The fraction of sp³-hybridized carbons (Fsp3) is 0.588. The monoisotopic (exact) mass is 450 g/mol. The molecule has 3 N–H and O–H groups in total. The van der Waals surface area contributed by atoms with Crippen LogP contribution in [-0.2, 0) is 0 Å². The van der Waals surface area contributed by atoms with Gasteiger partial charge in [-0.3, -0.25) is 4.99 Å². The lowest BCUT2D eigenvalue weighted by molar-refractivity contribution is 0.706. The second-order valence-electron chi connectivity index (χ2n) is 5.73. The van der Waals surface area contributed by atoms with Gasteiger partial charge in [-0.15, -0.1) is 24.0 Å². The molecule has 0 saturated heterocycles. The SMILES string of the molecule is CCNC(=NCC(C)(C)SC)NCCCNc1ccccc1.I. The Kier molecular flexibility index (Phi) is 12.4. The number of halogens is 1. The minimum absolute atomic E-state index is 0. The van der Waals surface area contributed by atoms with Crippen LogP contribution in [0.3, 0.4) is 0 Å². The third kappa shape index (κ3) is 10.7. The molecule has 0 aliphatic rings. The fourth-order valence-corrected chi connectivity index (χ4v) is 1.95. The van der Waals surface area contributed by atoms with Crippen molar-refractivity contribution in [1.29, 1.82) is 0 Å². The van der Waals surface area contributed by atoms with Gasteiger partial charge >= 0.3 is 0 Å². The first kappa shape index (κ1) is 22.4. The van der Waals surface area contributed by atoms with Crippen molar-refractivity contribution in [1.82, 2.24) is 10.6 Å². The number of para-hydroxylation sites is 1. The van der Waals surface area contributed by atoms with Gasteiger partial charge in [-0.25, -0.2) is 0 Å². The third-order valence-electron chi connectivity index (χ3n) is 3.26. The second-order valence-corrected chi connectivity index (χ2v) is 7.25. The molecule has 0 fully saturated rings. The molecular weight excluding hydrogens is 419 g/mol. The van der Waals surface area contributed by atoms with Crippen LogP contribution < -0.4 is 16.0 Å². The van der Waals surface area contributed by atoms with E-state index in [-0.39, 0.29) is 28.7 Å². The Hall–Kier alpha value is -0.630. The number of nitrogens with one attached hydrogen (secondary N) is 3. The highest BCUT2D eigenvalue weighted by Gasteiger charge is 2.15. The van der Waals surface area contributed by atoms with Crippen LogP contribution in [-0.4, -0.2) is 43.1 Å². The number of thioether (sulfide) groups is 1. The summed E-state index contributed by atoms with van der Waals surface area (Å²) in [6, 6.07) is 10.3. The molecule has 0 bridgehead atoms. The van der Waals surface area contributed by atoms with Crippen LogP contribution in [0.5, 0.6) is 0 Å². The molecule has 0 amide bonds. The molecule has 0 aromatic heterocycles. The zero-order valence-corrected chi connectivity index (χ0v) is 17.8. The number of hydrogen-bond donors (Lipinski definition) is 3. The van der Waals surface area contributed by atoms with Crippen molar-refractivity contribution in [3.05, 3.63) is 30.3 Å². The number of rotatable bonds is 9. The van der Waals surface area contributed by atoms with E-state index < -0.39 is 0 Å². The maximum Gasteiger partial charge on any atom is 0.191 e. The molecule has 132 valence electrons. The van der Waals surface area contributed by atoms with Crippen molar-refractivity contribution in [2.24, 2.45) is 4.99 Å². The molecule has 6 heteroatoms. The summed E-state index contributed by atoms with van der Waals surface area (Å²) < 4.78 is 0.178. The van der Waals surface area contributed by atoms with E-state index in [1.165, 1.54) is 5.69 Å². The Balaban J connectivity index is 0.00000484. The Labute approximate surface area is 162 Å². The molecule has 0 aliphatic carbocycles. The van der Waals surface area contributed by atoms with Crippen molar-refractivity contribution in [3.63, 3.8) is 0 Å². The normalized spacial score (nSPS) is 11.6.